The summed E-state index contributed by atoms with van der Waals surface area (Å²) in [6.45, 7) is 2.25. The van der Waals surface area contributed by atoms with E-state index < -0.39 is 0 Å². The normalized spacial score (nSPS) is 2.60. The van der Waals surface area contributed by atoms with Gasteiger partial charge in [-0.15, -0.1) is 0 Å². The molecule has 0 bridgehead atoms. The Bertz CT molecular complexity index is 40.5. The minimum absolute atomic E-state index is 0. The Labute approximate surface area is 45.6 Å². The van der Waals surface area contributed by atoms with Crippen LogP contribution in [0.3, 0.4) is 0 Å². The predicted molar refractivity (Wildman–Crippen MR) is 18.7 cm³/mol. The summed E-state index contributed by atoms with van der Waals surface area (Å²) in [5.41, 5.74) is 0. The second kappa shape index (κ2) is 877. The second-order valence-corrected chi connectivity index (χ2v) is 0. The summed E-state index contributed by atoms with van der Waals surface area (Å²) in [5.74, 6) is 0. The van der Waals surface area contributed by atoms with E-state index in [1.165, 1.54) is 6.40 Å². The van der Waals surface area contributed by atoms with Gasteiger partial charge in [-0.05, 0) is 0 Å². The fraction of sp³-hybridized carbons (Fsp3) is 0. The van der Waals surface area contributed by atoms with Crippen LogP contribution in [0, 0.1) is 12.8 Å². The molecule has 25 valence electrons. The van der Waals surface area contributed by atoms with Gasteiger partial charge in [0.2, 0.25) is 0 Å². The molecule has 0 fully saturated rings. The number of terminal acetylenes is 1. The van der Waals surface area contributed by atoms with E-state index in [1.807, 2.05) is 0 Å². The van der Waals surface area contributed by atoms with Crippen molar-refractivity contribution in [2.75, 3.05) is 0 Å². The van der Waals surface area contributed by atoms with Crippen molar-refractivity contribution in [3.05, 3.63) is 11.8 Å². The Kier molecular flexibility index (Phi) is 1550. The van der Waals surface area contributed by atoms with Gasteiger partial charge in [0.25, 0.3) is 0 Å². The van der Waals surface area contributed by atoms with Gasteiger partial charge < -0.3 is 18.2 Å². The Hall–Kier alpha value is -0.186. The first kappa shape index (κ1) is 8.84. The monoisotopic (exact) mass is 106 g/mol. The van der Waals surface area contributed by atoms with E-state index in [0.717, 1.165) is 0 Å². The average molecular weight is 106 g/mol. The molecule has 5 heavy (non-hydrogen) atoms. The summed E-state index contributed by atoms with van der Waals surface area (Å²) in [6.07, 6.45) is 6.88. The molecule has 0 aromatic rings. The Balaban J connectivity index is -0.0000000275. The number of hydrogen-bond donors (Lipinski definition) is 0. The van der Waals surface area contributed by atoms with Crippen molar-refractivity contribution in [3.8, 4) is 6.40 Å². The molecule has 2 heteroatoms. The van der Waals surface area contributed by atoms with E-state index >= 15 is 0 Å². The molecule has 0 spiro atoms. The Morgan fingerprint density at radius 2 is 2.00 bits per heavy atom. The first-order chi connectivity index (χ1) is 2.41. The summed E-state index contributed by atoms with van der Waals surface area (Å²) in [6, 6.07) is 0. The molecule has 0 unspecified atom stereocenters. The van der Waals surface area contributed by atoms with Crippen molar-refractivity contribution in [1.82, 2.24) is 0 Å². The van der Waals surface area contributed by atoms with Crippen LogP contribution in [-0.2, 0) is 18.6 Å². The van der Waals surface area contributed by atoms with E-state index in [4.69, 9.17) is 13.2 Å². The van der Waals surface area contributed by atoms with Crippen LogP contribution >= 0.6 is 0 Å². The van der Waals surface area contributed by atoms with Gasteiger partial charge in [-0.3, -0.25) is 0 Å². The zero-order valence-corrected chi connectivity index (χ0v) is 4.00. The molecule has 0 aliphatic carbocycles. The van der Waals surface area contributed by atoms with Gasteiger partial charge in [-0.1, -0.05) is 0 Å². The minimum atomic E-state index is 0. The van der Waals surface area contributed by atoms with Crippen LogP contribution in [0.15, 0.2) is 0 Å². The zero-order chi connectivity index (χ0) is 4.71. The van der Waals surface area contributed by atoms with Crippen molar-refractivity contribution < 1.29 is 19.9 Å². The van der Waals surface area contributed by atoms with Gasteiger partial charge in [0.1, 0.15) is 0 Å². The van der Waals surface area contributed by atoms with Gasteiger partial charge >= 0.3 is 18.6 Å². The Morgan fingerprint density at radius 1 is 2.00 bits per heavy atom. The Morgan fingerprint density at radius 3 is 2.00 bits per heavy atom. The number of hydrogen-bond acceptors (Lipinski definition) is 0. The van der Waals surface area contributed by atoms with Gasteiger partial charge in [0.05, 0.1) is 1.37 Å². The molecule has 0 saturated heterocycles. The van der Waals surface area contributed by atoms with Crippen LogP contribution in [0.25, 0.3) is 5.41 Å². The van der Waals surface area contributed by atoms with Crippen LogP contribution < -0.4 is 0 Å². The molecule has 0 aromatic carbocycles. The van der Waals surface area contributed by atoms with Crippen LogP contribution in [0.2, 0.25) is 0 Å². The molecule has 0 N–H and O–H groups in total. The fourth-order valence-corrected chi connectivity index (χ4v) is 0. The molecule has 1 nitrogen and oxygen atoms in total. The van der Waals surface area contributed by atoms with E-state index in [-0.39, 0.29) is 18.6 Å². The maximum absolute atomic E-state index is 6.75. The van der Waals surface area contributed by atoms with Crippen molar-refractivity contribution >= 4 is 6.72 Å². The molecule has 0 aliphatic heterocycles. The zero-order valence-electron chi connectivity index (χ0n) is 3.60. The first-order valence-electron chi connectivity index (χ1n) is 1.07. The molecule has 0 aliphatic rings. The van der Waals surface area contributed by atoms with Gasteiger partial charge in [0.15, 0.2) is 0 Å². The molecule has 0 amide bonds. The SMILES string of the molecule is C=[N-].[3H]C#[C-].[V+2]. The number of nitrogens with zero attached hydrogens (tertiary/aromatic N) is 1. The maximum atomic E-state index is 6.75. The average Bonchev–Trinajstić information content (AvgIpc) is 1.46. The van der Waals surface area contributed by atoms with Crippen molar-refractivity contribution in [2.24, 2.45) is 0 Å². The molecule has 0 heterocycles. The largest absolute Gasteiger partial charge is 2.00 e. The van der Waals surface area contributed by atoms with Gasteiger partial charge in [-0.2, -0.15) is 0 Å². The maximum Gasteiger partial charge on any atom is 2.00 e. The summed E-state index contributed by atoms with van der Waals surface area (Å²) in [5, 5.41) is 6.75. The second-order valence-electron chi connectivity index (χ2n) is 0. The third-order valence-electron chi connectivity index (χ3n) is 0. The third kappa shape index (κ3) is 365. The molecule has 1 radical (unpaired) electrons. The van der Waals surface area contributed by atoms with Crippen molar-refractivity contribution in [2.45, 2.75) is 0 Å². The molecule has 0 saturated carbocycles. The molecular weight excluding hydrogens is 101 g/mol. The predicted octanol–water partition coefficient (Wildman–Crippen LogP) is 0.460. The minimum Gasteiger partial charge on any atom is -0.817 e. The van der Waals surface area contributed by atoms with Gasteiger partial charge in [0, 0.05) is 0 Å². The standard InChI is InChI=1S/C2H.CH2N.V/c2*1-2;/h1H;1H2;/q2*-1;+2/i1T;;. The van der Waals surface area contributed by atoms with Crippen molar-refractivity contribution in [1.29, 1.82) is 0 Å². The molecular formula is C3H3NV. The van der Waals surface area contributed by atoms with Crippen LogP contribution in [0.5, 0.6) is 0 Å². The fourth-order valence-electron chi connectivity index (χ4n) is 0. The molecule has 0 rings (SSSR count). The number of rotatable bonds is 0. The van der Waals surface area contributed by atoms with Crippen LogP contribution in [-0.4, -0.2) is 6.72 Å². The first-order valence-corrected chi connectivity index (χ1v) is 0.566. The third-order valence-corrected chi connectivity index (χ3v) is 0. The smallest absolute Gasteiger partial charge is 0.817 e. The van der Waals surface area contributed by atoms with Gasteiger partial charge in [-0.25, -0.2) is 6.72 Å². The van der Waals surface area contributed by atoms with Crippen LogP contribution in [0.1, 0.15) is 1.37 Å². The van der Waals surface area contributed by atoms with E-state index in [2.05, 4.69) is 6.72 Å². The topological polar surface area (TPSA) is 22.3 Å². The van der Waals surface area contributed by atoms with E-state index in [1.54, 1.807) is 0 Å². The van der Waals surface area contributed by atoms with Crippen molar-refractivity contribution in [3.63, 3.8) is 0 Å². The molecule has 0 atom stereocenters. The van der Waals surface area contributed by atoms with Crippen LogP contribution in [0.4, 0.5) is 0 Å². The van der Waals surface area contributed by atoms with E-state index in [9.17, 15) is 0 Å². The summed E-state index contributed by atoms with van der Waals surface area (Å²) in [4.78, 5) is 0. The summed E-state index contributed by atoms with van der Waals surface area (Å²) >= 11 is 0. The summed E-state index contributed by atoms with van der Waals surface area (Å²) < 4.78 is 5.62. The molecule has 0 aromatic heterocycles. The van der Waals surface area contributed by atoms with E-state index in [0.29, 0.717) is 0 Å². The quantitative estimate of drug-likeness (QED) is 0.243. The summed E-state index contributed by atoms with van der Waals surface area (Å²) in [7, 11) is 0.